The van der Waals surface area contributed by atoms with Gasteiger partial charge in [0.15, 0.2) is 6.10 Å². The molecule has 452 valence electrons. The third-order valence-electron chi connectivity index (χ3n) is 14.2. The standard InChI is InChI=1S/C73H124O6/c1-4-7-10-13-16-19-22-25-28-31-34-36-39-42-45-48-51-54-57-60-63-66-72(75)78-69-70(68-77-71(74)65-62-59-56-53-50-47-44-41-38-33-30-27-24-21-18-15-12-9-6-3)79-73(76)67-64-61-58-55-52-49-46-43-40-37-35-32-29-26-23-20-17-14-11-8-5-2/h7,10,16,18-19,21,25,27-28,30,32,34-36,42,45,51,54,70H,4-6,8-9,11-15,17,20,22-24,26,29,31,33,37-41,43-44,46-50,52-53,55-69H2,1-3H3/b10-7-,19-16-,21-18-,28-25-,30-27-,35-32-,36-34-,45-42-,54-51-. The van der Waals surface area contributed by atoms with Gasteiger partial charge in [-0.05, 0) is 128 Å². The van der Waals surface area contributed by atoms with E-state index in [1.165, 1.54) is 173 Å². The molecule has 0 N–H and O–H groups in total. The predicted molar refractivity (Wildman–Crippen MR) is 343 cm³/mol. The van der Waals surface area contributed by atoms with Crippen LogP contribution in [0.1, 0.15) is 316 Å². The monoisotopic (exact) mass is 1100 g/mol. The topological polar surface area (TPSA) is 78.9 Å². The number of allylic oxidation sites excluding steroid dienone is 18. The van der Waals surface area contributed by atoms with Crippen LogP contribution in [-0.2, 0) is 28.6 Å². The smallest absolute Gasteiger partial charge is 0.306 e. The lowest BCUT2D eigenvalue weighted by molar-refractivity contribution is -0.167. The fraction of sp³-hybridized carbons (Fsp3) is 0.712. The highest BCUT2D eigenvalue weighted by atomic mass is 16.6. The van der Waals surface area contributed by atoms with Gasteiger partial charge in [-0.15, -0.1) is 0 Å². The van der Waals surface area contributed by atoms with Crippen LogP contribution in [0, 0.1) is 0 Å². The Morgan fingerprint density at radius 3 is 0.835 bits per heavy atom. The SMILES string of the molecule is CC/C=C\C/C=C\C/C=C\C/C=C\C/C=C\C/C=C\CCCCC(=O)OCC(COC(=O)CCCCCCCCCCC/C=C\C/C=C\CCCCC)OC(=O)CCCCCCCCCCC/C=C\CCCCCCCCCC. The third-order valence-corrected chi connectivity index (χ3v) is 14.2. The normalized spacial score (nSPS) is 12.8. The summed E-state index contributed by atoms with van der Waals surface area (Å²) >= 11 is 0. The molecule has 0 aliphatic carbocycles. The summed E-state index contributed by atoms with van der Waals surface area (Å²) in [6.45, 7) is 6.49. The van der Waals surface area contributed by atoms with E-state index in [0.717, 1.165) is 103 Å². The summed E-state index contributed by atoms with van der Waals surface area (Å²) in [5, 5.41) is 0. The molecule has 0 spiro atoms. The molecule has 6 heteroatoms. The molecule has 0 aromatic heterocycles. The fourth-order valence-corrected chi connectivity index (χ4v) is 9.24. The Kier molecular flexibility index (Phi) is 63.3. The zero-order valence-corrected chi connectivity index (χ0v) is 51.9. The summed E-state index contributed by atoms with van der Waals surface area (Å²) in [4.78, 5) is 38.4. The Hall–Kier alpha value is -3.93. The number of carbonyl (C=O) groups excluding carboxylic acids is 3. The van der Waals surface area contributed by atoms with Gasteiger partial charge >= 0.3 is 17.9 Å². The van der Waals surface area contributed by atoms with E-state index in [4.69, 9.17) is 14.2 Å². The zero-order valence-electron chi connectivity index (χ0n) is 51.9. The van der Waals surface area contributed by atoms with Crippen molar-refractivity contribution in [2.75, 3.05) is 13.2 Å². The molecule has 0 radical (unpaired) electrons. The highest BCUT2D eigenvalue weighted by Gasteiger charge is 2.19. The van der Waals surface area contributed by atoms with E-state index in [9.17, 15) is 14.4 Å². The predicted octanol–water partition coefficient (Wildman–Crippen LogP) is 23.0. The fourth-order valence-electron chi connectivity index (χ4n) is 9.24. The molecule has 1 atom stereocenters. The lowest BCUT2D eigenvalue weighted by atomic mass is 10.1. The van der Waals surface area contributed by atoms with Crippen molar-refractivity contribution in [3.05, 3.63) is 109 Å². The van der Waals surface area contributed by atoms with Crippen molar-refractivity contribution in [2.24, 2.45) is 0 Å². The van der Waals surface area contributed by atoms with Gasteiger partial charge in [0.1, 0.15) is 13.2 Å². The summed E-state index contributed by atoms with van der Waals surface area (Å²) < 4.78 is 16.9. The van der Waals surface area contributed by atoms with Crippen molar-refractivity contribution in [3.63, 3.8) is 0 Å². The van der Waals surface area contributed by atoms with E-state index in [1.54, 1.807) is 0 Å². The summed E-state index contributed by atoms with van der Waals surface area (Å²) in [6.07, 6.45) is 90.9. The minimum Gasteiger partial charge on any atom is -0.462 e. The Morgan fingerprint density at radius 1 is 0.266 bits per heavy atom. The van der Waals surface area contributed by atoms with Crippen LogP contribution in [0.25, 0.3) is 0 Å². The van der Waals surface area contributed by atoms with Crippen LogP contribution in [0.2, 0.25) is 0 Å². The average molecular weight is 1100 g/mol. The molecule has 0 rings (SSSR count). The molecule has 0 aromatic carbocycles. The van der Waals surface area contributed by atoms with Gasteiger partial charge in [0.05, 0.1) is 0 Å². The molecule has 0 aliphatic heterocycles. The van der Waals surface area contributed by atoms with Gasteiger partial charge < -0.3 is 14.2 Å². The van der Waals surface area contributed by atoms with Crippen molar-refractivity contribution in [2.45, 2.75) is 322 Å². The van der Waals surface area contributed by atoms with Gasteiger partial charge in [0, 0.05) is 19.3 Å². The summed E-state index contributed by atoms with van der Waals surface area (Å²) in [5.41, 5.74) is 0. The number of unbranched alkanes of at least 4 members (excludes halogenated alkanes) is 31. The molecule has 0 fully saturated rings. The first-order valence-corrected chi connectivity index (χ1v) is 33.4. The molecule has 1 unspecified atom stereocenters. The summed E-state index contributed by atoms with van der Waals surface area (Å²) in [7, 11) is 0. The first kappa shape index (κ1) is 75.1. The molecule has 6 nitrogen and oxygen atoms in total. The van der Waals surface area contributed by atoms with Crippen LogP contribution >= 0.6 is 0 Å². The second kappa shape index (κ2) is 66.6. The quantitative estimate of drug-likeness (QED) is 0.0261. The van der Waals surface area contributed by atoms with Gasteiger partial charge in [0.25, 0.3) is 0 Å². The Balaban J connectivity index is 4.47. The molecule has 0 saturated heterocycles. The maximum atomic E-state index is 12.9. The number of hydrogen-bond acceptors (Lipinski definition) is 6. The second-order valence-corrected chi connectivity index (χ2v) is 22.0. The van der Waals surface area contributed by atoms with Crippen LogP contribution in [-0.4, -0.2) is 37.2 Å². The van der Waals surface area contributed by atoms with Gasteiger partial charge in [-0.3, -0.25) is 14.4 Å². The lowest BCUT2D eigenvalue weighted by Crippen LogP contribution is -2.30. The third kappa shape index (κ3) is 64.8. The Labute approximate surface area is 489 Å². The Bertz CT molecular complexity index is 1590. The minimum absolute atomic E-state index is 0.0951. The largest absolute Gasteiger partial charge is 0.462 e. The molecule has 79 heavy (non-hydrogen) atoms. The maximum Gasteiger partial charge on any atom is 0.306 e. The van der Waals surface area contributed by atoms with E-state index in [2.05, 4.69) is 130 Å². The van der Waals surface area contributed by atoms with Crippen LogP contribution in [0.5, 0.6) is 0 Å². The molecule has 0 bridgehead atoms. The van der Waals surface area contributed by atoms with Crippen LogP contribution in [0.15, 0.2) is 109 Å². The Morgan fingerprint density at radius 2 is 0.494 bits per heavy atom. The van der Waals surface area contributed by atoms with Crippen molar-refractivity contribution in [1.82, 2.24) is 0 Å². The van der Waals surface area contributed by atoms with Crippen LogP contribution in [0.4, 0.5) is 0 Å². The molecule has 0 aliphatic rings. The van der Waals surface area contributed by atoms with Crippen LogP contribution in [0.3, 0.4) is 0 Å². The summed E-state index contributed by atoms with van der Waals surface area (Å²) in [5.74, 6) is -0.936. The highest BCUT2D eigenvalue weighted by Crippen LogP contribution is 2.16. The number of hydrogen-bond donors (Lipinski definition) is 0. The van der Waals surface area contributed by atoms with E-state index < -0.39 is 6.10 Å². The first-order valence-electron chi connectivity index (χ1n) is 33.4. The molecular formula is C73H124O6. The van der Waals surface area contributed by atoms with Gasteiger partial charge in [0.2, 0.25) is 0 Å². The van der Waals surface area contributed by atoms with Crippen molar-refractivity contribution in [1.29, 1.82) is 0 Å². The summed E-state index contributed by atoms with van der Waals surface area (Å²) in [6, 6.07) is 0. The van der Waals surface area contributed by atoms with E-state index >= 15 is 0 Å². The van der Waals surface area contributed by atoms with E-state index in [0.29, 0.717) is 19.3 Å². The number of ether oxygens (including phenoxy) is 3. The van der Waals surface area contributed by atoms with Gasteiger partial charge in [-0.1, -0.05) is 278 Å². The minimum atomic E-state index is -0.803. The van der Waals surface area contributed by atoms with Gasteiger partial charge in [-0.2, -0.15) is 0 Å². The second-order valence-electron chi connectivity index (χ2n) is 22.0. The van der Waals surface area contributed by atoms with E-state index in [-0.39, 0.29) is 31.1 Å². The van der Waals surface area contributed by atoms with Crippen molar-refractivity contribution < 1.29 is 28.6 Å². The molecule has 0 aromatic rings. The molecule has 0 saturated carbocycles. The number of esters is 3. The zero-order chi connectivity index (χ0) is 57.1. The lowest BCUT2D eigenvalue weighted by Gasteiger charge is -2.18. The highest BCUT2D eigenvalue weighted by molar-refractivity contribution is 5.71. The number of carbonyl (C=O) groups is 3. The molecular weight excluding hydrogens is 973 g/mol. The first-order chi connectivity index (χ1) is 39.0. The molecule has 0 heterocycles. The van der Waals surface area contributed by atoms with Gasteiger partial charge in [-0.25, -0.2) is 0 Å². The number of rotatable bonds is 60. The molecule has 0 amide bonds. The average Bonchev–Trinajstić information content (AvgIpc) is 3.45. The van der Waals surface area contributed by atoms with E-state index in [1.807, 2.05) is 0 Å². The van der Waals surface area contributed by atoms with Crippen molar-refractivity contribution >= 4 is 17.9 Å². The van der Waals surface area contributed by atoms with Crippen molar-refractivity contribution in [3.8, 4) is 0 Å². The maximum absolute atomic E-state index is 12.9. The van der Waals surface area contributed by atoms with Crippen LogP contribution < -0.4 is 0 Å².